The molecule has 2 fully saturated rings. The molecule has 0 bridgehead atoms. The Morgan fingerprint density at radius 3 is 2.68 bits per heavy atom. The van der Waals surface area contributed by atoms with Gasteiger partial charge in [0.2, 0.25) is 5.91 Å². The quantitative estimate of drug-likeness (QED) is 0.707. The van der Waals surface area contributed by atoms with Crippen LogP contribution in [0, 0.1) is 5.92 Å². The summed E-state index contributed by atoms with van der Waals surface area (Å²) in [6.45, 7) is 2.03. The maximum absolute atomic E-state index is 12.2. The van der Waals surface area contributed by atoms with Gasteiger partial charge in [0.05, 0.1) is 19.8 Å². The first-order valence-electron chi connectivity index (χ1n) is 8.65. The molecule has 1 aliphatic heterocycles. The van der Waals surface area contributed by atoms with E-state index in [1.807, 2.05) is 4.90 Å². The third-order valence-electron chi connectivity index (χ3n) is 4.81. The lowest BCUT2D eigenvalue weighted by Gasteiger charge is -2.35. The Labute approximate surface area is 133 Å². The highest BCUT2D eigenvalue weighted by Gasteiger charge is 2.27. The Balaban J connectivity index is 1.69. The molecule has 5 nitrogen and oxygen atoms in total. The van der Waals surface area contributed by atoms with E-state index < -0.39 is 0 Å². The van der Waals surface area contributed by atoms with Crippen LogP contribution in [-0.4, -0.2) is 49.7 Å². The molecular weight excluding hydrogens is 282 g/mol. The molecule has 5 heteroatoms. The highest BCUT2D eigenvalue weighted by Crippen LogP contribution is 2.29. The van der Waals surface area contributed by atoms with Gasteiger partial charge in [0.1, 0.15) is 0 Å². The lowest BCUT2D eigenvalue weighted by Crippen LogP contribution is -2.46. The highest BCUT2D eigenvalue weighted by molar-refractivity contribution is 5.77. The Morgan fingerprint density at radius 1 is 1.18 bits per heavy atom. The molecule has 1 atom stereocenters. The predicted molar refractivity (Wildman–Crippen MR) is 83.4 cm³/mol. The topological polar surface area (TPSA) is 55.8 Å². The first kappa shape index (κ1) is 17.3. The molecule has 1 saturated heterocycles. The number of nitrogens with zero attached hydrogens (tertiary/aromatic N) is 1. The summed E-state index contributed by atoms with van der Waals surface area (Å²) in [7, 11) is 1.38. The number of hydrogen-bond donors (Lipinski definition) is 0. The van der Waals surface area contributed by atoms with E-state index in [-0.39, 0.29) is 18.0 Å². The number of esters is 1. The lowest BCUT2D eigenvalue weighted by molar-refractivity contribution is -0.142. The van der Waals surface area contributed by atoms with Crippen LogP contribution in [0.5, 0.6) is 0 Å². The maximum Gasteiger partial charge on any atom is 0.305 e. The van der Waals surface area contributed by atoms with E-state index in [0.29, 0.717) is 39.0 Å². The van der Waals surface area contributed by atoms with Crippen molar-refractivity contribution in [2.75, 3.05) is 26.8 Å². The van der Waals surface area contributed by atoms with E-state index in [0.717, 1.165) is 12.3 Å². The number of rotatable bonds is 6. The first-order valence-corrected chi connectivity index (χ1v) is 8.65. The van der Waals surface area contributed by atoms with Gasteiger partial charge in [-0.2, -0.15) is 0 Å². The normalized spacial score (nSPS) is 23.3. The minimum atomic E-state index is -0.245. The van der Waals surface area contributed by atoms with Crippen LogP contribution in [0.25, 0.3) is 0 Å². The fourth-order valence-corrected chi connectivity index (χ4v) is 3.53. The second-order valence-corrected chi connectivity index (χ2v) is 6.50. The Kier molecular flexibility index (Phi) is 7.16. The zero-order chi connectivity index (χ0) is 15.8. The zero-order valence-electron chi connectivity index (χ0n) is 13.7. The lowest BCUT2D eigenvalue weighted by atomic mass is 9.85. The van der Waals surface area contributed by atoms with Gasteiger partial charge < -0.3 is 14.4 Å². The number of carbonyl (C=O) groups is 2. The summed E-state index contributed by atoms with van der Waals surface area (Å²) in [6, 6.07) is 0. The average Bonchev–Trinajstić information content (AvgIpc) is 2.55. The Hall–Kier alpha value is -1.10. The predicted octanol–water partition coefficient (Wildman–Crippen LogP) is 2.53. The van der Waals surface area contributed by atoms with E-state index in [9.17, 15) is 9.59 Å². The van der Waals surface area contributed by atoms with Crippen molar-refractivity contribution in [3.8, 4) is 0 Å². The van der Waals surface area contributed by atoms with Crippen LogP contribution in [0.4, 0.5) is 0 Å². The van der Waals surface area contributed by atoms with Gasteiger partial charge in [0.15, 0.2) is 0 Å². The van der Waals surface area contributed by atoms with Crippen LogP contribution < -0.4 is 0 Å². The summed E-state index contributed by atoms with van der Waals surface area (Å²) in [5.41, 5.74) is 0. The molecule has 0 radical (unpaired) electrons. The monoisotopic (exact) mass is 311 g/mol. The number of methoxy groups -OCH3 is 1. The number of morpholine rings is 1. The van der Waals surface area contributed by atoms with Gasteiger partial charge in [0, 0.05) is 25.9 Å². The molecule has 0 N–H and O–H groups in total. The van der Waals surface area contributed by atoms with E-state index in [1.165, 1.54) is 39.2 Å². The Bertz CT molecular complexity index is 366. The van der Waals surface area contributed by atoms with Gasteiger partial charge in [-0.05, 0) is 18.8 Å². The van der Waals surface area contributed by atoms with Gasteiger partial charge in [0.25, 0.3) is 0 Å². The third-order valence-corrected chi connectivity index (χ3v) is 4.81. The average molecular weight is 311 g/mol. The summed E-state index contributed by atoms with van der Waals surface area (Å²) in [5, 5.41) is 0. The van der Waals surface area contributed by atoms with E-state index in [4.69, 9.17) is 4.74 Å². The number of amides is 1. The van der Waals surface area contributed by atoms with Crippen LogP contribution in [0.1, 0.15) is 57.8 Å². The molecule has 1 saturated carbocycles. The molecule has 1 amide bonds. The smallest absolute Gasteiger partial charge is 0.305 e. The Morgan fingerprint density at radius 2 is 1.95 bits per heavy atom. The fraction of sp³-hybridized carbons (Fsp3) is 0.882. The number of hydrogen-bond acceptors (Lipinski definition) is 4. The second kappa shape index (κ2) is 9.13. The molecule has 2 aliphatic rings. The minimum absolute atomic E-state index is 0.140. The summed E-state index contributed by atoms with van der Waals surface area (Å²) in [4.78, 5) is 25.2. The molecule has 0 aromatic rings. The van der Waals surface area contributed by atoms with Crippen molar-refractivity contribution in [3.63, 3.8) is 0 Å². The van der Waals surface area contributed by atoms with Crippen LogP contribution in [0.15, 0.2) is 0 Å². The van der Waals surface area contributed by atoms with Crippen LogP contribution in [0.3, 0.4) is 0 Å². The first-order chi connectivity index (χ1) is 10.7. The van der Waals surface area contributed by atoms with Crippen molar-refractivity contribution >= 4 is 11.9 Å². The molecule has 1 heterocycles. The molecule has 0 spiro atoms. The van der Waals surface area contributed by atoms with Crippen LogP contribution in [0.2, 0.25) is 0 Å². The fourth-order valence-electron chi connectivity index (χ4n) is 3.53. The van der Waals surface area contributed by atoms with Gasteiger partial charge in [-0.1, -0.05) is 32.1 Å². The molecule has 22 heavy (non-hydrogen) atoms. The van der Waals surface area contributed by atoms with Crippen molar-refractivity contribution in [2.45, 2.75) is 63.9 Å². The number of ether oxygens (including phenoxy) is 2. The van der Waals surface area contributed by atoms with E-state index in [1.54, 1.807) is 0 Å². The standard InChI is InChI=1S/C17H29NO4/c1-21-17(20)9-5-8-16(19)18-10-11-22-15(13-18)12-14-6-3-2-4-7-14/h14-15H,2-13H2,1H3/t15-/m1/s1. The molecule has 0 aromatic heterocycles. The highest BCUT2D eigenvalue weighted by atomic mass is 16.5. The zero-order valence-corrected chi connectivity index (χ0v) is 13.7. The largest absolute Gasteiger partial charge is 0.469 e. The molecule has 2 rings (SSSR count). The van der Waals surface area contributed by atoms with Crippen LogP contribution >= 0.6 is 0 Å². The minimum Gasteiger partial charge on any atom is -0.469 e. The summed E-state index contributed by atoms with van der Waals surface area (Å²) in [5.74, 6) is 0.666. The van der Waals surface area contributed by atoms with Gasteiger partial charge in [-0.15, -0.1) is 0 Å². The second-order valence-electron chi connectivity index (χ2n) is 6.50. The van der Waals surface area contributed by atoms with Gasteiger partial charge in [-0.25, -0.2) is 0 Å². The van der Waals surface area contributed by atoms with Gasteiger partial charge in [-0.3, -0.25) is 9.59 Å². The summed E-state index contributed by atoms with van der Waals surface area (Å²) in [6.07, 6.45) is 9.26. The van der Waals surface area contributed by atoms with Crippen molar-refractivity contribution in [3.05, 3.63) is 0 Å². The van der Waals surface area contributed by atoms with E-state index in [2.05, 4.69) is 4.74 Å². The summed E-state index contributed by atoms with van der Waals surface area (Å²) >= 11 is 0. The molecule has 1 aliphatic carbocycles. The third kappa shape index (κ3) is 5.59. The van der Waals surface area contributed by atoms with Gasteiger partial charge >= 0.3 is 5.97 Å². The van der Waals surface area contributed by atoms with Crippen molar-refractivity contribution < 1.29 is 19.1 Å². The molecule has 126 valence electrons. The number of carbonyl (C=O) groups excluding carboxylic acids is 2. The molecule has 0 unspecified atom stereocenters. The summed E-state index contributed by atoms with van der Waals surface area (Å²) < 4.78 is 10.4. The van der Waals surface area contributed by atoms with Crippen LogP contribution in [-0.2, 0) is 19.1 Å². The van der Waals surface area contributed by atoms with E-state index >= 15 is 0 Å². The van der Waals surface area contributed by atoms with Crippen molar-refractivity contribution in [2.24, 2.45) is 5.92 Å². The van der Waals surface area contributed by atoms with Crippen molar-refractivity contribution in [1.29, 1.82) is 0 Å². The SMILES string of the molecule is COC(=O)CCCC(=O)N1CCO[C@H](CC2CCCCC2)C1. The molecule has 0 aromatic carbocycles. The van der Waals surface area contributed by atoms with Crippen molar-refractivity contribution in [1.82, 2.24) is 4.90 Å². The maximum atomic E-state index is 12.2. The molecular formula is C17H29NO4.